The average molecular weight is 453 g/mol. The first-order chi connectivity index (χ1) is 15.3. The Labute approximate surface area is 185 Å². The normalized spacial score (nSPS) is 14.3. The minimum absolute atomic E-state index is 0.112. The molecule has 6 nitrogen and oxygen atoms in total. The summed E-state index contributed by atoms with van der Waals surface area (Å²) in [5, 5.41) is 0. The zero-order chi connectivity index (χ0) is 22.9. The zero-order valence-corrected chi connectivity index (χ0v) is 18.2. The summed E-state index contributed by atoms with van der Waals surface area (Å²) in [5.74, 6) is -0.164. The van der Waals surface area contributed by atoms with Crippen molar-refractivity contribution in [3.63, 3.8) is 0 Å². The Morgan fingerprint density at radius 1 is 1.00 bits per heavy atom. The molecule has 0 bridgehead atoms. The van der Waals surface area contributed by atoms with Gasteiger partial charge >= 0.3 is 0 Å². The number of rotatable bonds is 6. The highest BCUT2D eigenvalue weighted by Crippen LogP contribution is 2.41. The van der Waals surface area contributed by atoms with Crippen LogP contribution in [0.2, 0.25) is 0 Å². The third-order valence-corrected chi connectivity index (χ3v) is 6.78. The van der Waals surface area contributed by atoms with Crippen molar-refractivity contribution >= 4 is 27.0 Å². The van der Waals surface area contributed by atoms with Crippen LogP contribution in [-0.2, 0) is 9.84 Å². The van der Waals surface area contributed by atoms with E-state index in [1.54, 1.807) is 36.4 Å². The van der Waals surface area contributed by atoms with Crippen molar-refractivity contribution in [2.75, 3.05) is 18.6 Å². The van der Waals surface area contributed by atoms with E-state index < -0.39 is 26.3 Å². The number of fused-ring (bicyclic) bond motifs is 1. The summed E-state index contributed by atoms with van der Waals surface area (Å²) in [5.41, 5.74) is 0.823. The van der Waals surface area contributed by atoms with Gasteiger partial charge in [-0.15, -0.1) is 0 Å². The van der Waals surface area contributed by atoms with Gasteiger partial charge in [-0.1, -0.05) is 6.07 Å². The van der Waals surface area contributed by atoms with Crippen LogP contribution in [0.5, 0.6) is 11.5 Å². The van der Waals surface area contributed by atoms with Gasteiger partial charge in [0, 0.05) is 23.5 Å². The molecule has 3 aromatic rings. The Morgan fingerprint density at radius 2 is 1.75 bits per heavy atom. The summed E-state index contributed by atoms with van der Waals surface area (Å²) in [6.45, 7) is 2.31. The van der Waals surface area contributed by atoms with Gasteiger partial charge in [-0.25, -0.2) is 12.8 Å². The van der Waals surface area contributed by atoms with Crippen molar-refractivity contribution in [1.82, 2.24) is 0 Å². The molecule has 4 rings (SSSR count). The average Bonchev–Trinajstić information content (AvgIpc) is 2.79. The number of Topliss-reactive ketones (excluding diaryl/α,β-unsaturated/α-hetero) is 1. The molecule has 1 aliphatic rings. The van der Waals surface area contributed by atoms with Crippen LogP contribution in [0.1, 0.15) is 17.3 Å². The SMILES string of the molecule is CCOc1ccc(C(=O)C2=CN(c3cccc(OC)c3)c3cc(F)ccc3S2(=O)=O)cc1. The molecule has 0 amide bonds. The first-order valence-electron chi connectivity index (χ1n) is 9.82. The number of sulfone groups is 1. The van der Waals surface area contributed by atoms with Gasteiger partial charge in [0.1, 0.15) is 22.2 Å². The molecule has 0 saturated carbocycles. The first-order valence-corrected chi connectivity index (χ1v) is 11.3. The molecule has 0 atom stereocenters. The van der Waals surface area contributed by atoms with Crippen LogP contribution in [0.4, 0.5) is 15.8 Å². The monoisotopic (exact) mass is 453 g/mol. The molecular weight excluding hydrogens is 433 g/mol. The Bertz CT molecular complexity index is 1320. The number of ketones is 1. The molecule has 1 aliphatic heterocycles. The smallest absolute Gasteiger partial charge is 0.214 e. The molecule has 32 heavy (non-hydrogen) atoms. The number of ether oxygens (including phenoxy) is 2. The third kappa shape index (κ3) is 3.85. The fourth-order valence-electron chi connectivity index (χ4n) is 3.45. The summed E-state index contributed by atoms with van der Waals surface area (Å²) < 4.78 is 51.3. The van der Waals surface area contributed by atoms with Crippen LogP contribution < -0.4 is 14.4 Å². The Kier molecular flexibility index (Phi) is 5.71. The van der Waals surface area contributed by atoms with Gasteiger partial charge in [-0.05, 0) is 61.5 Å². The van der Waals surface area contributed by atoms with Gasteiger partial charge in [-0.3, -0.25) is 4.79 Å². The van der Waals surface area contributed by atoms with Crippen LogP contribution in [0.3, 0.4) is 0 Å². The second kappa shape index (κ2) is 8.47. The summed E-state index contributed by atoms with van der Waals surface area (Å²) >= 11 is 0. The maximum Gasteiger partial charge on any atom is 0.214 e. The number of carbonyl (C=O) groups is 1. The maximum absolute atomic E-state index is 14.1. The van der Waals surface area contributed by atoms with Gasteiger partial charge in [0.2, 0.25) is 15.6 Å². The second-order valence-corrected chi connectivity index (χ2v) is 8.85. The molecule has 0 N–H and O–H groups in total. The number of carbonyl (C=O) groups excluding carboxylic acids is 1. The lowest BCUT2D eigenvalue weighted by Crippen LogP contribution is -2.26. The van der Waals surface area contributed by atoms with E-state index in [0.29, 0.717) is 23.8 Å². The molecular formula is C24H20FNO5S. The summed E-state index contributed by atoms with van der Waals surface area (Å²) in [4.78, 5) is 14.2. The van der Waals surface area contributed by atoms with E-state index >= 15 is 0 Å². The van der Waals surface area contributed by atoms with Crippen LogP contribution in [-0.4, -0.2) is 27.9 Å². The van der Waals surface area contributed by atoms with Gasteiger partial charge in [-0.2, -0.15) is 0 Å². The van der Waals surface area contributed by atoms with Crippen molar-refractivity contribution in [2.45, 2.75) is 11.8 Å². The van der Waals surface area contributed by atoms with Crippen molar-refractivity contribution in [2.24, 2.45) is 0 Å². The Morgan fingerprint density at radius 3 is 2.44 bits per heavy atom. The highest BCUT2D eigenvalue weighted by molar-refractivity contribution is 7.96. The molecule has 0 saturated heterocycles. The quantitative estimate of drug-likeness (QED) is 0.391. The Balaban J connectivity index is 1.86. The molecule has 0 fully saturated rings. The maximum atomic E-state index is 14.1. The standard InChI is InChI=1S/C24H20FNO5S/c1-3-31-19-10-7-16(8-11-19)24(27)23-15-26(18-5-4-6-20(14-18)30-2)21-13-17(25)9-12-22(21)32(23,28)29/h4-15H,3H2,1-2H3. The number of benzene rings is 3. The molecule has 8 heteroatoms. The van der Waals surface area contributed by atoms with Gasteiger partial charge in [0.25, 0.3) is 0 Å². The van der Waals surface area contributed by atoms with Crippen molar-refractivity contribution in [3.8, 4) is 11.5 Å². The van der Waals surface area contributed by atoms with E-state index in [0.717, 1.165) is 12.1 Å². The lowest BCUT2D eigenvalue weighted by atomic mass is 10.1. The number of hydrogen-bond donors (Lipinski definition) is 0. The molecule has 164 valence electrons. The van der Waals surface area contributed by atoms with Crippen LogP contribution >= 0.6 is 0 Å². The molecule has 0 radical (unpaired) electrons. The fourth-order valence-corrected chi connectivity index (χ4v) is 4.97. The lowest BCUT2D eigenvalue weighted by Gasteiger charge is -2.29. The van der Waals surface area contributed by atoms with Crippen LogP contribution in [0.15, 0.2) is 82.7 Å². The number of anilines is 2. The van der Waals surface area contributed by atoms with Crippen molar-refractivity contribution in [3.05, 3.63) is 89.2 Å². The van der Waals surface area contributed by atoms with Crippen molar-refractivity contribution < 1.29 is 27.1 Å². The van der Waals surface area contributed by atoms with Crippen LogP contribution in [0, 0.1) is 5.82 Å². The minimum Gasteiger partial charge on any atom is -0.497 e. The summed E-state index contributed by atoms with van der Waals surface area (Å²) in [6.07, 6.45) is 1.23. The van der Waals surface area contributed by atoms with Gasteiger partial charge < -0.3 is 14.4 Å². The van der Waals surface area contributed by atoms with E-state index in [2.05, 4.69) is 0 Å². The zero-order valence-electron chi connectivity index (χ0n) is 17.4. The molecule has 0 aromatic heterocycles. The number of halogens is 1. The third-order valence-electron chi connectivity index (χ3n) is 4.99. The van der Waals surface area contributed by atoms with Crippen LogP contribution in [0.25, 0.3) is 0 Å². The predicted molar refractivity (Wildman–Crippen MR) is 119 cm³/mol. The highest BCUT2D eigenvalue weighted by Gasteiger charge is 2.36. The largest absolute Gasteiger partial charge is 0.497 e. The number of allylic oxidation sites excluding steroid dienone is 1. The van der Waals surface area contributed by atoms with Crippen molar-refractivity contribution in [1.29, 1.82) is 0 Å². The topological polar surface area (TPSA) is 72.9 Å². The first kappa shape index (κ1) is 21.6. The van der Waals surface area contributed by atoms with E-state index in [4.69, 9.17) is 9.47 Å². The number of hydrogen-bond acceptors (Lipinski definition) is 6. The molecule has 0 spiro atoms. The lowest BCUT2D eigenvalue weighted by molar-refractivity contribution is 0.104. The minimum atomic E-state index is -4.18. The molecule has 1 heterocycles. The van der Waals surface area contributed by atoms with E-state index in [1.165, 1.54) is 36.4 Å². The number of methoxy groups -OCH3 is 1. The van der Waals surface area contributed by atoms with E-state index in [9.17, 15) is 17.6 Å². The molecule has 0 aliphatic carbocycles. The fraction of sp³-hybridized carbons (Fsp3) is 0.125. The Hall–Kier alpha value is -3.65. The van der Waals surface area contributed by atoms with E-state index in [1.807, 2.05) is 6.92 Å². The molecule has 0 unspecified atom stereocenters. The van der Waals surface area contributed by atoms with Gasteiger partial charge in [0.15, 0.2) is 0 Å². The summed E-state index contributed by atoms with van der Waals surface area (Å²) in [6, 6.07) is 16.4. The number of nitrogens with zero attached hydrogens (tertiary/aromatic N) is 1. The second-order valence-electron chi connectivity index (χ2n) is 6.97. The van der Waals surface area contributed by atoms with Gasteiger partial charge in [0.05, 0.1) is 24.3 Å². The van der Waals surface area contributed by atoms with E-state index in [-0.39, 0.29) is 16.1 Å². The molecule has 3 aromatic carbocycles. The predicted octanol–water partition coefficient (Wildman–Crippen LogP) is 4.88. The highest BCUT2D eigenvalue weighted by atomic mass is 32.2. The summed E-state index contributed by atoms with van der Waals surface area (Å²) in [7, 11) is -2.68.